The molecule has 1 saturated heterocycles. The third-order valence-corrected chi connectivity index (χ3v) is 7.26. The molecule has 4 rings (SSSR count). The summed E-state index contributed by atoms with van der Waals surface area (Å²) in [6.45, 7) is 6.16. The first-order valence-electron chi connectivity index (χ1n) is 12.3. The number of fused-ring (bicyclic) bond motifs is 1. The number of pyridine rings is 2. The van der Waals surface area contributed by atoms with Crippen LogP contribution in [0.5, 0.6) is 0 Å². The van der Waals surface area contributed by atoms with Crippen LogP contribution in [-0.2, 0) is 0 Å². The first-order valence-corrected chi connectivity index (χ1v) is 13.2. The van der Waals surface area contributed by atoms with E-state index in [1.807, 2.05) is 18.3 Å². The van der Waals surface area contributed by atoms with Crippen LogP contribution in [0.3, 0.4) is 0 Å². The maximum atomic E-state index is 8.28. The number of piperazine rings is 1. The Balaban J connectivity index is 1.38. The lowest BCUT2D eigenvalue weighted by Gasteiger charge is -2.26. The van der Waals surface area contributed by atoms with Gasteiger partial charge in [0.05, 0.1) is 16.1 Å². The van der Waals surface area contributed by atoms with Crippen LogP contribution < -0.4 is 16.8 Å². The predicted molar refractivity (Wildman–Crippen MR) is 148 cm³/mol. The first-order chi connectivity index (χ1) is 17.1. The Kier molecular flexibility index (Phi) is 9.21. The van der Waals surface area contributed by atoms with E-state index in [0.29, 0.717) is 27.5 Å². The number of hydrogen-bond acceptors (Lipinski definition) is 9. The van der Waals surface area contributed by atoms with E-state index < -0.39 is 0 Å². The van der Waals surface area contributed by atoms with Crippen LogP contribution in [0.25, 0.3) is 16.6 Å². The van der Waals surface area contributed by atoms with Crippen LogP contribution in [0.2, 0.25) is 0 Å². The summed E-state index contributed by atoms with van der Waals surface area (Å²) in [6, 6.07) is 5.61. The standard InChI is InChI=1S/C25H35N9S/c26-15-20(16-30-8-3-11-34-12-9-29-10-13-34)19-14-22-21(31-17-19)6-7-23(32-22)33-25(28)35-24(27)18-4-1-2-5-18/h6-7,14-18,27,29H,1-5,8-13,26H2,(H2,28,32,33). The van der Waals surface area contributed by atoms with Gasteiger partial charge in [-0.3, -0.25) is 15.4 Å². The second-order valence-electron chi connectivity index (χ2n) is 8.93. The number of aromatic nitrogens is 2. The molecule has 0 bridgehead atoms. The SMILES string of the molecule is N=C(SC(N)=Nc1ccc2ncc(C(C=NCCCN3CCNCC3)=CN)cc2n1)C1CCCC1. The van der Waals surface area contributed by atoms with Crippen molar-refractivity contribution in [2.24, 2.45) is 27.4 Å². The van der Waals surface area contributed by atoms with E-state index in [-0.39, 0.29) is 0 Å². The minimum absolute atomic E-state index is 0.315. The van der Waals surface area contributed by atoms with Gasteiger partial charge in [0.25, 0.3) is 0 Å². The van der Waals surface area contributed by atoms with E-state index in [1.165, 1.54) is 24.6 Å². The second kappa shape index (κ2) is 12.8. The molecule has 0 spiro atoms. The fourth-order valence-electron chi connectivity index (χ4n) is 4.43. The van der Waals surface area contributed by atoms with Crippen molar-refractivity contribution in [1.82, 2.24) is 20.2 Å². The zero-order chi connectivity index (χ0) is 24.5. The molecule has 0 atom stereocenters. The van der Waals surface area contributed by atoms with Crippen LogP contribution in [-0.4, -0.2) is 70.6 Å². The number of rotatable bonds is 8. The fourth-order valence-corrected chi connectivity index (χ4v) is 5.20. The summed E-state index contributed by atoms with van der Waals surface area (Å²) in [7, 11) is 0. The molecule has 10 heteroatoms. The molecule has 3 heterocycles. The highest BCUT2D eigenvalue weighted by molar-refractivity contribution is 8.26. The lowest BCUT2D eigenvalue weighted by molar-refractivity contribution is 0.240. The fraction of sp³-hybridized carbons (Fsp3) is 0.480. The molecule has 186 valence electrons. The monoisotopic (exact) mass is 493 g/mol. The van der Waals surface area contributed by atoms with Crippen LogP contribution in [0.1, 0.15) is 37.7 Å². The average Bonchev–Trinajstić information content (AvgIpc) is 3.42. The Labute approximate surface area is 211 Å². The molecule has 0 amide bonds. The van der Waals surface area contributed by atoms with Gasteiger partial charge in [0.1, 0.15) is 0 Å². The number of nitrogens with zero attached hydrogens (tertiary/aromatic N) is 5. The van der Waals surface area contributed by atoms with Crippen LogP contribution in [0.15, 0.2) is 40.6 Å². The number of thioether (sulfide) groups is 1. The number of hydrogen-bond donors (Lipinski definition) is 4. The molecule has 2 aromatic rings. The summed E-state index contributed by atoms with van der Waals surface area (Å²) in [4.78, 5) is 20.6. The molecule has 9 nitrogen and oxygen atoms in total. The summed E-state index contributed by atoms with van der Waals surface area (Å²) in [5.74, 6) is 0.816. The van der Waals surface area contributed by atoms with E-state index >= 15 is 0 Å². The van der Waals surface area contributed by atoms with Crippen molar-refractivity contribution in [1.29, 1.82) is 5.41 Å². The van der Waals surface area contributed by atoms with Crippen LogP contribution in [0, 0.1) is 11.3 Å². The Morgan fingerprint density at radius 3 is 2.80 bits per heavy atom. The number of amidine groups is 1. The van der Waals surface area contributed by atoms with Crippen molar-refractivity contribution in [2.45, 2.75) is 32.1 Å². The Bertz CT molecular complexity index is 1100. The Morgan fingerprint density at radius 1 is 1.23 bits per heavy atom. The molecule has 1 aliphatic carbocycles. The first kappa shape index (κ1) is 25.3. The van der Waals surface area contributed by atoms with E-state index in [0.717, 1.165) is 75.2 Å². The van der Waals surface area contributed by atoms with Gasteiger partial charge in [-0.2, -0.15) is 0 Å². The highest BCUT2D eigenvalue weighted by Crippen LogP contribution is 2.30. The molecule has 2 aliphatic rings. The lowest BCUT2D eigenvalue weighted by Crippen LogP contribution is -2.43. The number of nitrogens with one attached hydrogen (secondary N) is 2. The number of allylic oxidation sites excluding steroid dienone is 1. The van der Waals surface area contributed by atoms with Gasteiger partial charge in [0.15, 0.2) is 11.0 Å². The zero-order valence-corrected chi connectivity index (χ0v) is 20.9. The van der Waals surface area contributed by atoms with Crippen molar-refractivity contribution in [2.75, 3.05) is 39.3 Å². The van der Waals surface area contributed by atoms with E-state index in [9.17, 15) is 0 Å². The smallest absolute Gasteiger partial charge is 0.166 e. The molecule has 2 fully saturated rings. The van der Waals surface area contributed by atoms with Gasteiger partial charge >= 0.3 is 0 Å². The topological polar surface area (TPSA) is 142 Å². The van der Waals surface area contributed by atoms with Crippen molar-refractivity contribution in [3.63, 3.8) is 0 Å². The van der Waals surface area contributed by atoms with Gasteiger partial charge in [-0.15, -0.1) is 0 Å². The minimum Gasteiger partial charge on any atom is -0.404 e. The molecule has 0 aromatic carbocycles. The molecule has 0 unspecified atom stereocenters. The summed E-state index contributed by atoms with van der Waals surface area (Å²) < 4.78 is 0. The molecular formula is C25H35N9S. The van der Waals surface area contributed by atoms with Gasteiger partial charge in [0.2, 0.25) is 0 Å². The van der Waals surface area contributed by atoms with Gasteiger partial charge in [-0.25, -0.2) is 9.98 Å². The van der Waals surface area contributed by atoms with Gasteiger partial charge < -0.3 is 21.7 Å². The molecule has 1 saturated carbocycles. The van der Waals surface area contributed by atoms with Crippen molar-refractivity contribution < 1.29 is 0 Å². The highest BCUT2D eigenvalue weighted by atomic mass is 32.2. The van der Waals surface area contributed by atoms with Crippen LogP contribution >= 0.6 is 11.8 Å². The minimum atomic E-state index is 0.315. The molecule has 1 aliphatic heterocycles. The third kappa shape index (κ3) is 7.33. The summed E-state index contributed by atoms with van der Waals surface area (Å²) in [6.07, 6.45) is 10.7. The second-order valence-corrected chi connectivity index (χ2v) is 9.99. The van der Waals surface area contributed by atoms with Gasteiger partial charge in [-0.05, 0) is 55.8 Å². The quantitative estimate of drug-likeness (QED) is 0.251. The molecule has 35 heavy (non-hydrogen) atoms. The highest BCUT2D eigenvalue weighted by Gasteiger charge is 2.21. The Hall–Kier alpha value is -2.82. The zero-order valence-electron chi connectivity index (χ0n) is 20.1. The molecule has 0 radical (unpaired) electrons. The Morgan fingerprint density at radius 2 is 2.03 bits per heavy atom. The van der Waals surface area contributed by atoms with E-state index in [4.69, 9.17) is 16.9 Å². The van der Waals surface area contributed by atoms with Crippen molar-refractivity contribution >= 4 is 50.6 Å². The number of aliphatic imine (C=N–C) groups is 2. The van der Waals surface area contributed by atoms with Crippen molar-refractivity contribution in [3.05, 3.63) is 36.2 Å². The van der Waals surface area contributed by atoms with Gasteiger partial charge in [-0.1, -0.05) is 12.8 Å². The predicted octanol–water partition coefficient (Wildman–Crippen LogP) is 3.14. The van der Waals surface area contributed by atoms with E-state index in [1.54, 1.807) is 18.5 Å². The third-order valence-electron chi connectivity index (χ3n) is 6.40. The molecule has 6 N–H and O–H groups in total. The van der Waals surface area contributed by atoms with E-state index in [2.05, 4.69) is 30.2 Å². The maximum absolute atomic E-state index is 8.28. The molecule has 2 aromatic heterocycles. The van der Waals surface area contributed by atoms with Crippen molar-refractivity contribution in [3.8, 4) is 0 Å². The molecular weight excluding hydrogens is 458 g/mol. The summed E-state index contributed by atoms with van der Waals surface area (Å²) >= 11 is 1.24. The summed E-state index contributed by atoms with van der Waals surface area (Å²) in [5, 5.41) is 12.6. The number of nitrogens with two attached hydrogens (primary N) is 2. The normalized spacial score (nSPS) is 18.6. The summed E-state index contributed by atoms with van der Waals surface area (Å²) in [5.41, 5.74) is 15.1. The lowest BCUT2D eigenvalue weighted by atomic mass is 10.1. The van der Waals surface area contributed by atoms with Gasteiger partial charge in [0, 0.05) is 68.4 Å². The largest absolute Gasteiger partial charge is 0.404 e. The van der Waals surface area contributed by atoms with Crippen LogP contribution in [0.4, 0.5) is 5.82 Å². The average molecular weight is 494 g/mol. The maximum Gasteiger partial charge on any atom is 0.166 e.